The maximum absolute atomic E-state index is 12.3. The molecule has 0 saturated carbocycles. The van der Waals surface area contributed by atoms with Gasteiger partial charge < -0.3 is 15.0 Å². The Morgan fingerprint density at radius 2 is 1.96 bits per heavy atom. The number of benzene rings is 2. The van der Waals surface area contributed by atoms with Gasteiger partial charge in [-0.25, -0.2) is 4.79 Å². The first kappa shape index (κ1) is 15.8. The van der Waals surface area contributed by atoms with Crippen LogP contribution in [0.25, 0.3) is 10.9 Å². The molecule has 1 aromatic heterocycles. The Morgan fingerprint density at radius 3 is 2.79 bits per heavy atom. The lowest BCUT2D eigenvalue weighted by molar-refractivity contribution is -0.115. The van der Waals surface area contributed by atoms with E-state index in [1.807, 2.05) is 30.5 Å². The summed E-state index contributed by atoms with van der Waals surface area (Å²) < 4.78 is 5.01. The Morgan fingerprint density at radius 1 is 1.12 bits per heavy atom. The van der Waals surface area contributed by atoms with E-state index in [9.17, 15) is 9.59 Å². The molecule has 122 valence electrons. The summed E-state index contributed by atoms with van der Waals surface area (Å²) in [4.78, 5) is 27.4. The molecule has 24 heavy (non-hydrogen) atoms. The first-order valence-corrected chi connectivity index (χ1v) is 7.79. The third kappa shape index (κ3) is 3.46. The molecule has 2 N–H and O–H groups in total. The fraction of sp³-hybridized carbons (Fsp3) is 0.158. The van der Waals surface area contributed by atoms with Gasteiger partial charge in [-0.1, -0.05) is 24.3 Å². The van der Waals surface area contributed by atoms with Crippen LogP contribution in [-0.2, 0) is 16.0 Å². The van der Waals surface area contributed by atoms with Gasteiger partial charge in [-0.2, -0.15) is 0 Å². The molecule has 5 heteroatoms. The van der Waals surface area contributed by atoms with Crippen molar-refractivity contribution >= 4 is 28.5 Å². The summed E-state index contributed by atoms with van der Waals surface area (Å²) >= 11 is 0. The van der Waals surface area contributed by atoms with E-state index in [1.54, 1.807) is 31.2 Å². The summed E-state index contributed by atoms with van der Waals surface area (Å²) in [5, 5.41) is 3.89. The number of carbonyl (C=O) groups is 2. The molecule has 1 amide bonds. The zero-order valence-electron chi connectivity index (χ0n) is 13.3. The first-order valence-electron chi connectivity index (χ1n) is 7.79. The summed E-state index contributed by atoms with van der Waals surface area (Å²) in [7, 11) is 0. The standard InChI is InChI=1S/C19H18N2O3/c1-2-24-19(23)15-5-3-4-6-16(15)21-18(22)12-13-7-8-14-9-10-20-17(14)11-13/h3-11,20H,2,12H2,1H3,(H,21,22). The van der Waals surface area contributed by atoms with Gasteiger partial charge >= 0.3 is 5.97 Å². The topological polar surface area (TPSA) is 71.2 Å². The number of amides is 1. The Labute approximate surface area is 139 Å². The summed E-state index contributed by atoms with van der Waals surface area (Å²) in [6, 6.07) is 14.7. The van der Waals surface area contributed by atoms with Crippen LogP contribution >= 0.6 is 0 Å². The van der Waals surface area contributed by atoms with E-state index in [1.165, 1.54) is 0 Å². The molecule has 0 bridgehead atoms. The molecule has 5 nitrogen and oxygen atoms in total. The van der Waals surface area contributed by atoms with Gasteiger partial charge in [-0.15, -0.1) is 0 Å². The molecule has 1 heterocycles. The number of fused-ring (bicyclic) bond motifs is 1. The van der Waals surface area contributed by atoms with Crippen LogP contribution in [0, 0.1) is 0 Å². The zero-order valence-corrected chi connectivity index (χ0v) is 13.3. The molecule has 0 fully saturated rings. The van der Waals surface area contributed by atoms with Crippen LogP contribution in [0.3, 0.4) is 0 Å². The second kappa shape index (κ2) is 7.00. The van der Waals surface area contributed by atoms with E-state index in [2.05, 4.69) is 10.3 Å². The van der Waals surface area contributed by atoms with Gasteiger partial charge in [-0.05, 0) is 42.1 Å². The van der Waals surface area contributed by atoms with E-state index in [0.29, 0.717) is 11.3 Å². The van der Waals surface area contributed by atoms with Crippen molar-refractivity contribution in [1.82, 2.24) is 4.98 Å². The van der Waals surface area contributed by atoms with Crippen molar-refractivity contribution in [1.29, 1.82) is 0 Å². The minimum Gasteiger partial charge on any atom is -0.462 e. The molecule has 0 saturated heterocycles. The van der Waals surface area contributed by atoms with Crippen LogP contribution in [0.5, 0.6) is 0 Å². The molecule has 0 radical (unpaired) electrons. The zero-order chi connectivity index (χ0) is 16.9. The van der Waals surface area contributed by atoms with Crippen molar-refractivity contribution in [2.24, 2.45) is 0 Å². The fourth-order valence-corrected chi connectivity index (χ4v) is 2.56. The predicted molar refractivity (Wildman–Crippen MR) is 93.0 cm³/mol. The van der Waals surface area contributed by atoms with E-state index in [4.69, 9.17) is 4.74 Å². The van der Waals surface area contributed by atoms with Gasteiger partial charge in [0.2, 0.25) is 5.91 Å². The van der Waals surface area contributed by atoms with Crippen LogP contribution in [0.15, 0.2) is 54.7 Å². The van der Waals surface area contributed by atoms with Crippen molar-refractivity contribution < 1.29 is 14.3 Å². The molecule has 2 aromatic carbocycles. The van der Waals surface area contributed by atoms with Gasteiger partial charge in [0.15, 0.2) is 0 Å². The highest BCUT2D eigenvalue weighted by Gasteiger charge is 2.14. The largest absolute Gasteiger partial charge is 0.462 e. The van der Waals surface area contributed by atoms with Crippen molar-refractivity contribution in [3.63, 3.8) is 0 Å². The number of anilines is 1. The van der Waals surface area contributed by atoms with Crippen molar-refractivity contribution in [3.8, 4) is 0 Å². The molecule has 0 atom stereocenters. The van der Waals surface area contributed by atoms with Gasteiger partial charge in [0, 0.05) is 11.7 Å². The number of H-pyrrole nitrogens is 1. The minimum absolute atomic E-state index is 0.183. The molecule has 0 unspecified atom stereocenters. The molecule has 0 aliphatic heterocycles. The quantitative estimate of drug-likeness (QED) is 0.706. The second-order valence-electron chi connectivity index (χ2n) is 5.39. The fourth-order valence-electron chi connectivity index (χ4n) is 2.56. The van der Waals surface area contributed by atoms with Gasteiger partial charge in [0.1, 0.15) is 0 Å². The molecule has 0 aliphatic carbocycles. The summed E-state index contributed by atoms with van der Waals surface area (Å²) in [5.74, 6) is -0.626. The number of aromatic amines is 1. The van der Waals surface area contributed by atoms with E-state index in [0.717, 1.165) is 16.5 Å². The molecule has 0 aliphatic rings. The summed E-state index contributed by atoms with van der Waals surface area (Å²) in [6.07, 6.45) is 2.09. The maximum Gasteiger partial charge on any atom is 0.340 e. The van der Waals surface area contributed by atoms with E-state index in [-0.39, 0.29) is 18.9 Å². The van der Waals surface area contributed by atoms with E-state index < -0.39 is 5.97 Å². The second-order valence-corrected chi connectivity index (χ2v) is 5.39. The lowest BCUT2D eigenvalue weighted by Crippen LogP contribution is -2.17. The number of para-hydroxylation sites is 1. The lowest BCUT2D eigenvalue weighted by Gasteiger charge is -2.10. The van der Waals surface area contributed by atoms with Crippen LogP contribution in [0.1, 0.15) is 22.8 Å². The molecule has 3 aromatic rings. The van der Waals surface area contributed by atoms with Crippen LogP contribution in [-0.4, -0.2) is 23.5 Å². The third-order valence-corrected chi connectivity index (χ3v) is 3.68. The lowest BCUT2D eigenvalue weighted by atomic mass is 10.1. The highest BCUT2D eigenvalue weighted by atomic mass is 16.5. The first-order chi connectivity index (χ1) is 11.7. The Hall–Kier alpha value is -3.08. The van der Waals surface area contributed by atoms with Gasteiger partial charge in [0.25, 0.3) is 0 Å². The monoisotopic (exact) mass is 322 g/mol. The van der Waals surface area contributed by atoms with Crippen molar-refractivity contribution in [2.75, 3.05) is 11.9 Å². The molecule has 3 rings (SSSR count). The van der Waals surface area contributed by atoms with E-state index >= 15 is 0 Å². The smallest absolute Gasteiger partial charge is 0.340 e. The van der Waals surface area contributed by atoms with Crippen LogP contribution < -0.4 is 5.32 Å². The molecule has 0 spiro atoms. The third-order valence-electron chi connectivity index (χ3n) is 3.68. The summed E-state index contributed by atoms with van der Waals surface area (Å²) in [6.45, 7) is 2.03. The van der Waals surface area contributed by atoms with Crippen LogP contribution in [0.4, 0.5) is 5.69 Å². The molecular weight excluding hydrogens is 304 g/mol. The summed E-state index contributed by atoms with van der Waals surface area (Å²) in [5.41, 5.74) is 2.71. The number of ether oxygens (including phenoxy) is 1. The average molecular weight is 322 g/mol. The Bertz CT molecular complexity index is 883. The highest BCUT2D eigenvalue weighted by molar-refractivity contribution is 6.01. The average Bonchev–Trinajstić information content (AvgIpc) is 3.03. The molecular formula is C19H18N2O3. The number of carbonyl (C=O) groups excluding carboxylic acids is 2. The minimum atomic E-state index is -0.443. The Balaban J connectivity index is 1.74. The Kier molecular flexibility index (Phi) is 4.61. The predicted octanol–water partition coefficient (Wildman–Crippen LogP) is 3.53. The van der Waals surface area contributed by atoms with Crippen molar-refractivity contribution in [2.45, 2.75) is 13.3 Å². The maximum atomic E-state index is 12.3. The highest BCUT2D eigenvalue weighted by Crippen LogP contribution is 2.18. The number of aromatic nitrogens is 1. The van der Waals surface area contributed by atoms with Gasteiger partial charge in [-0.3, -0.25) is 4.79 Å². The SMILES string of the molecule is CCOC(=O)c1ccccc1NC(=O)Cc1ccc2cc[nH]c2c1. The van der Waals surface area contributed by atoms with Crippen LogP contribution in [0.2, 0.25) is 0 Å². The number of hydrogen-bond acceptors (Lipinski definition) is 3. The number of rotatable bonds is 5. The number of hydrogen-bond donors (Lipinski definition) is 2. The van der Waals surface area contributed by atoms with Gasteiger partial charge in [0.05, 0.1) is 24.3 Å². The van der Waals surface area contributed by atoms with Crippen molar-refractivity contribution in [3.05, 3.63) is 65.9 Å². The number of esters is 1. The number of nitrogens with one attached hydrogen (secondary N) is 2. The normalized spacial score (nSPS) is 10.5.